The molecule has 3 heteroatoms. The summed E-state index contributed by atoms with van der Waals surface area (Å²) in [6.07, 6.45) is 3.93. The predicted molar refractivity (Wildman–Crippen MR) is 75.6 cm³/mol. The van der Waals surface area contributed by atoms with E-state index in [1.165, 1.54) is 19.4 Å². The number of hydrogen-bond acceptors (Lipinski definition) is 3. The van der Waals surface area contributed by atoms with Crippen LogP contribution in [0.1, 0.15) is 53.9 Å². The Bertz CT molecular complexity index is 314. The van der Waals surface area contributed by atoms with Crippen molar-refractivity contribution >= 4 is 0 Å². The highest BCUT2D eigenvalue weighted by Crippen LogP contribution is 2.51. The van der Waals surface area contributed by atoms with E-state index in [1.807, 2.05) is 0 Å². The van der Waals surface area contributed by atoms with Crippen LogP contribution in [0.2, 0.25) is 0 Å². The maximum atomic E-state index is 6.68. The average Bonchev–Trinajstić information content (AvgIpc) is 2.58. The van der Waals surface area contributed by atoms with Crippen molar-refractivity contribution in [3.05, 3.63) is 0 Å². The highest BCUT2D eigenvalue weighted by molar-refractivity contribution is 5.15. The molecule has 0 aromatic heterocycles. The smallest absolute Gasteiger partial charge is 0.0662 e. The van der Waals surface area contributed by atoms with E-state index in [1.54, 1.807) is 0 Å². The van der Waals surface area contributed by atoms with Gasteiger partial charge in [0.25, 0.3) is 0 Å². The first-order valence-corrected chi connectivity index (χ1v) is 7.38. The van der Waals surface area contributed by atoms with Crippen LogP contribution >= 0.6 is 0 Å². The van der Waals surface area contributed by atoms with E-state index < -0.39 is 0 Å². The fourth-order valence-electron chi connectivity index (χ4n) is 3.57. The second-order valence-corrected chi connectivity index (χ2v) is 7.36. The number of nitrogens with two attached hydrogens (primary N) is 1. The molecule has 106 valence electrons. The molecule has 3 nitrogen and oxygen atoms in total. The SMILES string of the molecule is CCOC1CC(N)(CN2CCCC2(C)C)C1(C)C. The number of nitrogens with zero attached hydrogens (tertiary/aromatic N) is 1. The first-order chi connectivity index (χ1) is 8.23. The molecular weight excluding hydrogens is 224 g/mol. The van der Waals surface area contributed by atoms with Gasteiger partial charge < -0.3 is 10.5 Å². The minimum Gasteiger partial charge on any atom is -0.378 e. The van der Waals surface area contributed by atoms with Crippen molar-refractivity contribution in [3.63, 3.8) is 0 Å². The molecular formula is C15H30N2O. The molecule has 0 aromatic carbocycles. The summed E-state index contributed by atoms with van der Waals surface area (Å²) in [5.74, 6) is 0. The topological polar surface area (TPSA) is 38.5 Å². The lowest BCUT2D eigenvalue weighted by Crippen LogP contribution is -2.74. The molecule has 2 atom stereocenters. The molecule has 2 aliphatic rings. The molecule has 0 aromatic rings. The second-order valence-electron chi connectivity index (χ2n) is 7.36. The lowest BCUT2D eigenvalue weighted by Gasteiger charge is -2.61. The molecule has 0 radical (unpaired) electrons. The van der Waals surface area contributed by atoms with Crippen LogP contribution in [-0.2, 0) is 4.74 Å². The van der Waals surface area contributed by atoms with Gasteiger partial charge in [-0.25, -0.2) is 0 Å². The van der Waals surface area contributed by atoms with Crippen molar-refractivity contribution < 1.29 is 4.74 Å². The molecule has 0 spiro atoms. The van der Waals surface area contributed by atoms with E-state index in [0.717, 1.165) is 19.6 Å². The molecule has 1 saturated carbocycles. The Hall–Kier alpha value is -0.120. The van der Waals surface area contributed by atoms with Crippen LogP contribution in [0, 0.1) is 5.41 Å². The molecule has 1 aliphatic carbocycles. The fourth-order valence-corrected chi connectivity index (χ4v) is 3.57. The molecule has 18 heavy (non-hydrogen) atoms. The molecule has 1 aliphatic heterocycles. The van der Waals surface area contributed by atoms with E-state index in [2.05, 4.69) is 39.5 Å². The highest BCUT2D eigenvalue weighted by atomic mass is 16.5. The number of hydrogen-bond donors (Lipinski definition) is 1. The van der Waals surface area contributed by atoms with Gasteiger partial charge in [0.1, 0.15) is 0 Å². The van der Waals surface area contributed by atoms with Crippen molar-refractivity contribution in [2.45, 2.75) is 71.1 Å². The van der Waals surface area contributed by atoms with Gasteiger partial charge >= 0.3 is 0 Å². The Labute approximate surface area is 112 Å². The zero-order valence-electron chi connectivity index (χ0n) is 12.8. The average molecular weight is 254 g/mol. The maximum absolute atomic E-state index is 6.68. The van der Waals surface area contributed by atoms with Crippen molar-refractivity contribution in [1.82, 2.24) is 4.90 Å². The van der Waals surface area contributed by atoms with Crippen molar-refractivity contribution in [2.24, 2.45) is 11.1 Å². The molecule has 1 heterocycles. The summed E-state index contributed by atoms with van der Waals surface area (Å²) in [6, 6.07) is 0. The monoisotopic (exact) mass is 254 g/mol. The van der Waals surface area contributed by atoms with Gasteiger partial charge in [-0.15, -0.1) is 0 Å². The quantitative estimate of drug-likeness (QED) is 0.837. The molecule has 2 fully saturated rings. The predicted octanol–water partition coefficient (Wildman–Crippen LogP) is 2.39. The van der Waals surface area contributed by atoms with Gasteiger partial charge in [0.2, 0.25) is 0 Å². The van der Waals surface area contributed by atoms with E-state index in [4.69, 9.17) is 10.5 Å². The van der Waals surface area contributed by atoms with Crippen molar-refractivity contribution in [1.29, 1.82) is 0 Å². The normalized spacial score (nSPS) is 38.7. The largest absolute Gasteiger partial charge is 0.378 e. The van der Waals surface area contributed by atoms with E-state index >= 15 is 0 Å². The van der Waals surface area contributed by atoms with E-state index in [-0.39, 0.29) is 11.0 Å². The van der Waals surface area contributed by atoms with Crippen LogP contribution < -0.4 is 5.73 Å². The molecule has 2 rings (SSSR count). The van der Waals surface area contributed by atoms with Crippen molar-refractivity contribution in [2.75, 3.05) is 19.7 Å². The zero-order valence-corrected chi connectivity index (χ0v) is 12.8. The van der Waals surface area contributed by atoms with Crippen molar-refractivity contribution in [3.8, 4) is 0 Å². The molecule has 2 N–H and O–H groups in total. The highest BCUT2D eigenvalue weighted by Gasteiger charge is 2.59. The molecule has 0 bridgehead atoms. The molecule has 1 saturated heterocycles. The Kier molecular flexibility index (Phi) is 3.54. The standard InChI is InChI=1S/C15H30N2O/c1-6-18-12-10-15(16,14(12,4)5)11-17-9-7-8-13(17,2)3/h12H,6-11,16H2,1-5H3. The summed E-state index contributed by atoms with van der Waals surface area (Å²) in [5.41, 5.74) is 7.00. The second kappa shape index (κ2) is 4.46. The Balaban J connectivity index is 2.02. The number of rotatable bonds is 4. The fraction of sp³-hybridized carbons (Fsp3) is 1.00. The summed E-state index contributed by atoms with van der Waals surface area (Å²) < 4.78 is 5.81. The zero-order chi connectivity index (χ0) is 13.6. The number of ether oxygens (including phenoxy) is 1. The van der Waals surface area contributed by atoms with E-state index in [0.29, 0.717) is 11.6 Å². The summed E-state index contributed by atoms with van der Waals surface area (Å²) in [7, 11) is 0. The third kappa shape index (κ3) is 2.10. The summed E-state index contributed by atoms with van der Waals surface area (Å²) >= 11 is 0. The van der Waals surface area contributed by atoms with Crippen LogP contribution in [-0.4, -0.2) is 41.8 Å². The first kappa shape index (κ1) is 14.3. The third-order valence-electron chi connectivity index (χ3n) is 5.55. The lowest BCUT2D eigenvalue weighted by molar-refractivity contribution is -0.159. The summed E-state index contributed by atoms with van der Waals surface area (Å²) in [5, 5.41) is 0. The lowest BCUT2D eigenvalue weighted by atomic mass is 9.54. The minimum atomic E-state index is -0.0888. The van der Waals surface area contributed by atoms with Gasteiger partial charge in [0.05, 0.1) is 6.10 Å². The van der Waals surface area contributed by atoms with E-state index in [9.17, 15) is 0 Å². The van der Waals surface area contributed by atoms with Gasteiger partial charge in [-0.3, -0.25) is 4.90 Å². The van der Waals surface area contributed by atoms with Gasteiger partial charge in [-0.05, 0) is 46.6 Å². The van der Waals surface area contributed by atoms with Crippen LogP contribution in [0.4, 0.5) is 0 Å². The maximum Gasteiger partial charge on any atom is 0.0662 e. The van der Waals surface area contributed by atoms with Crippen LogP contribution in [0.5, 0.6) is 0 Å². The third-order valence-corrected chi connectivity index (χ3v) is 5.55. The summed E-state index contributed by atoms with van der Waals surface area (Å²) in [4.78, 5) is 2.58. The van der Waals surface area contributed by atoms with Crippen LogP contribution in [0.3, 0.4) is 0 Å². The Morgan fingerprint density at radius 1 is 1.28 bits per heavy atom. The summed E-state index contributed by atoms with van der Waals surface area (Å²) in [6.45, 7) is 14.3. The van der Waals surface area contributed by atoms with Gasteiger partial charge in [-0.1, -0.05) is 13.8 Å². The van der Waals surface area contributed by atoms with Gasteiger partial charge in [-0.2, -0.15) is 0 Å². The Morgan fingerprint density at radius 3 is 2.39 bits per heavy atom. The minimum absolute atomic E-state index is 0.0850. The first-order valence-electron chi connectivity index (χ1n) is 7.38. The van der Waals surface area contributed by atoms with Crippen LogP contribution in [0.25, 0.3) is 0 Å². The van der Waals surface area contributed by atoms with Crippen LogP contribution in [0.15, 0.2) is 0 Å². The molecule has 2 unspecified atom stereocenters. The Morgan fingerprint density at radius 2 is 1.94 bits per heavy atom. The number of likely N-dealkylation sites (tertiary alicyclic amines) is 1. The molecule has 0 amide bonds. The van der Waals surface area contributed by atoms with Gasteiger partial charge in [0.15, 0.2) is 0 Å². The van der Waals surface area contributed by atoms with Gasteiger partial charge in [0, 0.05) is 29.6 Å².